The Kier molecular flexibility index (Phi) is 10.1. The van der Waals surface area contributed by atoms with Gasteiger partial charge in [-0.15, -0.1) is 0 Å². The summed E-state index contributed by atoms with van der Waals surface area (Å²) >= 11 is 5.58. The second kappa shape index (κ2) is 11.5. The highest BCUT2D eigenvalue weighted by molar-refractivity contribution is 6.64. The molecule has 0 amide bonds. The molecular formula is C21H33ClO2. The van der Waals surface area contributed by atoms with Crippen LogP contribution in [0.25, 0.3) is 0 Å². The fourth-order valence-corrected chi connectivity index (χ4v) is 2.76. The standard InChI is InChI=1S/C21H33ClO2/c1-4-5-6-7-8-9-11-18-12-14-19(15-13-18)24-17-10-16-21(2,3)20(22)23/h12-15H,4-11,16-17H2,1-3H3. The smallest absolute Gasteiger partial charge is 0.227 e. The lowest BCUT2D eigenvalue weighted by atomic mass is 9.90. The molecule has 0 unspecified atom stereocenters. The molecule has 0 aromatic heterocycles. The molecule has 0 aliphatic carbocycles. The SMILES string of the molecule is CCCCCCCCc1ccc(OCCCC(C)(C)C(=O)Cl)cc1. The molecule has 0 atom stereocenters. The number of hydrogen-bond donors (Lipinski definition) is 0. The van der Waals surface area contributed by atoms with E-state index in [9.17, 15) is 4.79 Å². The average Bonchev–Trinajstić information content (AvgIpc) is 2.56. The lowest BCUT2D eigenvalue weighted by Gasteiger charge is -2.19. The number of unbranched alkanes of at least 4 members (excludes halogenated alkanes) is 5. The van der Waals surface area contributed by atoms with Crippen molar-refractivity contribution in [1.82, 2.24) is 0 Å². The zero-order valence-electron chi connectivity index (χ0n) is 15.6. The lowest BCUT2D eigenvalue weighted by molar-refractivity contribution is -0.119. The van der Waals surface area contributed by atoms with Gasteiger partial charge in [0.2, 0.25) is 5.24 Å². The summed E-state index contributed by atoms with van der Waals surface area (Å²) in [6.07, 6.45) is 10.7. The highest BCUT2D eigenvalue weighted by Crippen LogP contribution is 2.25. The predicted octanol–water partition coefficient (Wildman–Crippen LogP) is 6.54. The van der Waals surface area contributed by atoms with Crippen molar-refractivity contribution in [3.63, 3.8) is 0 Å². The molecule has 0 saturated heterocycles. The van der Waals surface area contributed by atoms with Gasteiger partial charge in [-0.25, -0.2) is 0 Å². The minimum atomic E-state index is -0.466. The number of hydrogen-bond acceptors (Lipinski definition) is 2. The van der Waals surface area contributed by atoms with Crippen molar-refractivity contribution in [2.75, 3.05) is 6.61 Å². The van der Waals surface area contributed by atoms with Gasteiger partial charge in [-0.3, -0.25) is 4.79 Å². The average molecular weight is 353 g/mol. The zero-order valence-corrected chi connectivity index (χ0v) is 16.3. The number of halogens is 1. The van der Waals surface area contributed by atoms with Crippen LogP contribution in [0.1, 0.15) is 77.7 Å². The minimum Gasteiger partial charge on any atom is -0.494 e. The molecule has 1 aromatic carbocycles. The quantitative estimate of drug-likeness (QED) is 0.297. The summed E-state index contributed by atoms with van der Waals surface area (Å²) < 4.78 is 5.75. The first-order valence-electron chi connectivity index (χ1n) is 9.37. The van der Waals surface area contributed by atoms with E-state index in [4.69, 9.17) is 16.3 Å². The lowest BCUT2D eigenvalue weighted by Crippen LogP contribution is -2.20. The van der Waals surface area contributed by atoms with Crippen molar-refractivity contribution < 1.29 is 9.53 Å². The van der Waals surface area contributed by atoms with Gasteiger partial charge >= 0.3 is 0 Å². The molecule has 2 nitrogen and oxygen atoms in total. The van der Waals surface area contributed by atoms with E-state index in [1.165, 1.54) is 44.1 Å². The second-order valence-electron chi connectivity index (χ2n) is 7.27. The van der Waals surface area contributed by atoms with Crippen LogP contribution < -0.4 is 4.74 Å². The second-order valence-corrected chi connectivity index (χ2v) is 7.61. The van der Waals surface area contributed by atoms with Crippen LogP contribution >= 0.6 is 11.6 Å². The monoisotopic (exact) mass is 352 g/mol. The predicted molar refractivity (Wildman–Crippen MR) is 103 cm³/mol. The molecule has 0 spiro atoms. The van der Waals surface area contributed by atoms with E-state index in [0.717, 1.165) is 25.0 Å². The summed E-state index contributed by atoms with van der Waals surface area (Å²) in [6.45, 7) is 6.62. The molecule has 0 fully saturated rings. The van der Waals surface area contributed by atoms with E-state index in [-0.39, 0.29) is 5.24 Å². The largest absolute Gasteiger partial charge is 0.494 e. The van der Waals surface area contributed by atoms with Crippen molar-refractivity contribution in [2.45, 2.75) is 78.6 Å². The molecule has 24 heavy (non-hydrogen) atoms. The number of carbonyl (C=O) groups excluding carboxylic acids is 1. The van der Waals surface area contributed by atoms with Gasteiger partial charge in [0.25, 0.3) is 0 Å². The number of ether oxygens (including phenoxy) is 1. The molecule has 136 valence electrons. The zero-order chi connectivity index (χ0) is 17.8. The van der Waals surface area contributed by atoms with Crippen LogP contribution in [0, 0.1) is 5.41 Å². The summed E-state index contributed by atoms with van der Waals surface area (Å²) in [5.74, 6) is 0.900. The van der Waals surface area contributed by atoms with Gasteiger partial charge in [-0.2, -0.15) is 0 Å². The molecule has 3 heteroatoms. The van der Waals surface area contributed by atoms with Crippen LogP contribution in [0.3, 0.4) is 0 Å². The molecule has 0 aliphatic rings. The third-order valence-corrected chi connectivity index (χ3v) is 5.00. The Hall–Kier alpha value is -1.02. The first-order chi connectivity index (χ1) is 11.5. The molecule has 0 aliphatic heterocycles. The molecule has 0 radical (unpaired) electrons. The van der Waals surface area contributed by atoms with Crippen LogP contribution in [0.2, 0.25) is 0 Å². The van der Waals surface area contributed by atoms with Gasteiger partial charge in [0.05, 0.1) is 6.61 Å². The van der Waals surface area contributed by atoms with Crippen molar-refractivity contribution >= 4 is 16.8 Å². The summed E-state index contributed by atoms with van der Waals surface area (Å²) in [6, 6.07) is 8.41. The van der Waals surface area contributed by atoms with Crippen LogP contribution in [0.4, 0.5) is 0 Å². The van der Waals surface area contributed by atoms with Crippen molar-refractivity contribution in [2.24, 2.45) is 5.41 Å². The Morgan fingerprint density at radius 3 is 2.25 bits per heavy atom. The topological polar surface area (TPSA) is 26.3 Å². The van der Waals surface area contributed by atoms with Gasteiger partial charge in [-0.05, 0) is 55.0 Å². The summed E-state index contributed by atoms with van der Waals surface area (Å²) in [5, 5.41) is -0.276. The Bertz CT molecular complexity index is 465. The Morgan fingerprint density at radius 1 is 1.00 bits per heavy atom. The number of rotatable bonds is 13. The fourth-order valence-electron chi connectivity index (χ4n) is 2.66. The van der Waals surface area contributed by atoms with Gasteiger partial charge in [0, 0.05) is 5.41 Å². The Labute approximate surface area is 152 Å². The van der Waals surface area contributed by atoms with Crippen molar-refractivity contribution in [1.29, 1.82) is 0 Å². The van der Waals surface area contributed by atoms with E-state index in [1.54, 1.807) is 0 Å². The molecule has 1 aromatic rings. The van der Waals surface area contributed by atoms with Crippen LogP contribution in [-0.4, -0.2) is 11.8 Å². The molecule has 0 N–H and O–H groups in total. The van der Waals surface area contributed by atoms with E-state index >= 15 is 0 Å². The van der Waals surface area contributed by atoms with Crippen molar-refractivity contribution in [3.05, 3.63) is 29.8 Å². The first kappa shape index (κ1) is 21.0. The van der Waals surface area contributed by atoms with E-state index in [2.05, 4.69) is 19.1 Å². The first-order valence-corrected chi connectivity index (χ1v) is 9.75. The molecule has 0 heterocycles. The van der Waals surface area contributed by atoms with Crippen molar-refractivity contribution in [3.8, 4) is 5.75 Å². The summed E-state index contributed by atoms with van der Waals surface area (Å²) in [5.41, 5.74) is 0.915. The third kappa shape index (κ3) is 8.73. The molecular weight excluding hydrogens is 320 g/mol. The van der Waals surface area contributed by atoms with E-state index < -0.39 is 5.41 Å². The minimum absolute atomic E-state index is 0.276. The van der Waals surface area contributed by atoms with Crippen LogP contribution in [0.5, 0.6) is 5.75 Å². The summed E-state index contributed by atoms with van der Waals surface area (Å²) in [4.78, 5) is 11.3. The van der Waals surface area contributed by atoms with Gasteiger partial charge < -0.3 is 4.74 Å². The van der Waals surface area contributed by atoms with Gasteiger partial charge in [0.1, 0.15) is 5.75 Å². The summed E-state index contributed by atoms with van der Waals surface area (Å²) in [7, 11) is 0. The maximum Gasteiger partial charge on any atom is 0.227 e. The third-order valence-electron chi connectivity index (χ3n) is 4.49. The van der Waals surface area contributed by atoms with Crippen LogP contribution in [-0.2, 0) is 11.2 Å². The van der Waals surface area contributed by atoms with E-state index in [0.29, 0.717) is 6.61 Å². The number of benzene rings is 1. The molecule has 0 bridgehead atoms. The number of aryl methyl sites for hydroxylation is 1. The normalized spacial score (nSPS) is 11.5. The Morgan fingerprint density at radius 2 is 1.62 bits per heavy atom. The van der Waals surface area contributed by atoms with Crippen LogP contribution in [0.15, 0.2) is 24.3 Å². The molecule has 0 saturated carbocycles. The fraction of sp³-hybridized carbons (Fsp3) is 0.667. The number of carbonyl (C=O) groups is 1. The molecule has 1 rings (SSSR count). The van der Waals surface area contributed by atoms with E-state index in [1.807, 2.05) is 26.0 Å². The maximum atomic E-state index is 11.3. The van der Waals surface area contributed by atoms with Gasteiger partial charge in [-0.1, -0.05) is 65.0 Å². The highest BCUT2D eigenvalue weighted by Gasteiger charge is 2.24. The van der Waals surface area contributed by atoms with Gasteiger partial charge in [0.15, 0.2) is 0 Å². The Balaban J connectivity index is 2.19. The maximum absolute atomic E-state index is 11.3. The highest BCUT2D eigenvalue weighted by atomic mass is 35.5.